The lowest BCUT2D eigenvalue weighted by atomic mass is 9.61. The van der Waals surface area contributed by atoms with Gasteiger partial charge in [-0.3, -0.25) is 0 Å². The molecule has 0 aromatic rings. The van der Waals surface area contributed by atoms with Gasteiger partial charge in [-0.15, -0.1) is 0 Å². The molecule has 0 N–H and O–H groups in total. The van der Waals surface area contributed by atoms with Crippen molar-refractivity contribution in [2.45, 2.75) is 104 Å². The molecular formula is C21H40O2Si. The Morgan fingerprint density at radius 2 is 1.83 bits per heavy atom. The summed E-state index contributed by atoms with van der Waals surface area (Å²) < 4.78 is 7.00. The lowest BCUT2D eigenvalue weighted by Crippen LogP contribution is -2.48. The molecule has 2 fully saturated rings. The largest absolute Gasteiger partial charge is 0.414 e. The Balaban J connectivity index is 2.12. The van der Waals surface area contributed by atoms with Crippen molar-refractivity contribution in [2.75, 3.05) is 0 Å². The summed E-state index contributed by atoms with van der Waals surface area (Å²) in [5.41, 5.74) is 0.445. The summed E-state index contributed by atoms with van der Waals surface area (Å²) in [6.45, 7) is 12.0. The molecule has 2 aliphatic rings. The van der Waals surface area contributed by atoms with Gasteiger partial charge in [-0.2, -0.15) is 0 Å². The number of rotatable bonds is 9. The topological polar surface area (TPSA) is 26.3 Å². The first kappa shape index (κ1) is 20.2. The fourth-order valence-electron chi connectivity index (χ4n) is 6.09. The zero-order valence-electron chi connectivity index (χ0n) is 16.8. The van der Waals surface area contributed by atoms with Crippen molar-refractivity contribution >= 4 is 14.6 Å². The van der Waals surface area contributed by atoms with Gasteiger partial charge in [-0.05, 0) is 73.4 Å². The maximum atomic E-state index is 10.8. The Labute approximate surface area is 151 Å². The highest BCUT2D eigenvalue weighted by Crippen LogP contribution is 2.59. The van der Waals surface area contributed by atoms with Crippen LogP contribution in [-0.2, 0) is 9.22 Å². The van der Waals surface area contributed by atoms with E-state index in [1.165, 1.54) is 50.2 Å². The van der Waals surface area contributed by atoms with Crippen molar-refractivity contribution in [1.29, 1.82) is 0 Å². The normalized spacial score (nSPS) is 34.8. The minimum absolute atomic E-state index is 0.445. The van der Waals surface area contributed by atoms with E-state index in [9.17, 15) is 4.79 Å². The van der Waals surface area contributed by atoms with E-state index >= 15 is 0 Å². The highest BCUT2D eigenvalue weighted by Gasteiger charge is 2.53. The van der Waals surface area contributed by atoms with E-state index in [-0.39, 0.29) is 0 Å². The van der Waals surface area contributed by atoms with Gasteiger partial charge in [0.25, 0.3) is 0 Å². The van der Waals surface area contributed by atoms with Crippen LogP contribution >= 0.6 is 0 Å². The summed E-state index contributed by atoms with van der Waals surface area (Å²) in [6, 6.07) is 3.79. The molecule has 0 heterocycles. The highest BCUT2D eigenvalue weighted by atomic mass is 28.4. The molecule has 0 unspecified atom stereocenters. The summed E-state index contributed by atoms with van der Waals surface area (Å²) in [5.74, 6) is 2.22. The van der Waals surface area contributed by atoms with Crippen LogP contribution in [0.2, 0.25) is 18.1 Å². The van der Waals surface area contributed by atoms with E-state index in [2.05, 4.69) is 34.6 Å². The molecule has 0 aromatic heterocycles. The van der Waals surface area contributed by atoms with Crippen LogP contribution in [0.1, 0.15) is 79.6 Å². The van der Waals surface area contributed by atoms with Gasteiger partial charge in [0.1, 0.15) is 6.29 Å². The van der Waals surface area contributed by atoms with Gasteiger partial charge >= 0.3 is 0 Å². The van der Waals surface area contributed by atoms with Crippen LogP contribution in [0.25, 0.3) is 0 Å². The molecule has 2 saturated carbocycles. The van der Waals surface area contributed by atoms with Crippen LogP contribution in [0.4, 0.5) is 0 Å². The van der Waals surface area contributed by atoms with Gasteiger partial charge in [0.15, 0.2) is 8.32 Å². The first-order chi connectivity index (χ1) is 11.5. The minimum atomic E-state index is -1.51. The number of aldehydes is 1. The molecule has 0 spiro atoms. The smallest absolute Gasteiger partial charge is 0.192 e. The third kappa shape index (κ3) is 3.82. The Morgan fingerprint density at radius 3 is 2.42 bits per heavy atom. The van der Waals surface area contributed by atoms with E-state index < -0.39 is 8.32 Å². The quantitative estimate of drug-likeness (QED) is 0.364. The average molecular weight is 353 g/mol. The van der Waals surface area contributed by atoms with E-state index in [1.54, 1.807) is 0 Å². The average Bonchev–Trinajstić information content (AvgIpc) is 2.95. The fourth-order valence-corrected chi connectivity index (χ4v) is 9.01. The maximum Gasteiger partial charge on any atom is 0.192 e. The van der Waals surface area contributed by atoms with Crippen LogP contribution in [0, 0.1) is 23.2 Å². The Bertz CT molecular complexity index is 398. The molecule has 140 valence electrons. The molecule has 3 heteroatoms. The molecule has 0 bridgehead atoms. The minimum Gasteiger partial charge on any atom is -0.414 e. The lowest BCUT2D eigenvalue weighted by molar-refractivity contribution is -0.108. The molecule has 24 heavy (non-hydrogen) atoms. The van der Waals surface area contributed by atoms with Gasteiger partial charge in [-0.25, -0.2) is 0 Å². The van der Waals surface area contributed by atoms with Crippen LogP contribution < -0.4 is 0 Å². The maximum absolute atomic E-state index is 10.8. The lowest BCUT2D eigenvalue weighted by Gasteiger charge is -2.49. The van der Waals surface area contributed by atoms with E-state index in [0.717, 1.165) is 31.0 Å². The van der Waals surface area contributed by atoms with Gasteiger partial charge in [0.05, 0.1) is 0 Å². The Kier molecular flexibility index (Phi) is 7.13. The zero-order valence-corrected chi connectivity index (χ0v) is 17.8. The van der Waals surface area contributed by atoms with Gasteiger partial charge in [0, 0.05) is 12.5 Å². The summed E-state index contributed by atoms with van der Waals surface area (Å²) in [4.78, 5) is 10.8. The number of fused-ring (bicyclic) bond motifs is 1. The summed E-state index contributed by atoms with van der Waals surface area (Å²) >= 11 is 0. The molecule has 2 aliphatic carbocycles. The monoisotopic (exact) mass is 352 g/mol. The van der Waals surface area contributed by atoms with Crippen molar-refractivity contribution in [3.63, 3.8) is 0 Å². The molecular weight excluding hydrogens is 312 g/mol. The first-order valence-corrected chi connectivity index (χ1v) is 13.1. The second kappa shape index (κ2) is 8.49. The van der Waals surface area contributed by atoms with Crippen molar-refractivity contribution in [1.82, 2.24) is 0 Å². The molecule has 0 aliphatic heterocycles. The Hall–Kier alpha value is -0.153. The molecule has 0 amide bonds. The third-order valence-corrected chi connectivity index (χ3v) is 12.6. The second-order valence-electron chi connectivity index (χ2n) is 8.81. The summed E-state index contributed by atoms with van der Waals surface area (Å²) in [7, 11) is -1.51. The number of carbonyl (C=O) groups is 1. The van der Waals surface area contributed by atoms with Crippen molar-refractivity contribution < 1.29 is 9.22 Å². The zero-order chi connectivity index (χ0) is 17.8. The summed E-state index contributed by atoms with van der Waals surface area (Å²) in [6.07, 6.45) is 10.1. The second-order valence-corrected chi connectivity index (χ2v) is 13.5. The number of hydrogen-bond acceptors (Lipinski definition) is 2. The summed E-state index contributed by atoms with van der Waals surface area (Å²) in [5, 5.41) is 0. The highest BCUT2D eigenvalue weighted by molar-refractivity contribution is 6.73. The van der Waals surface area contributed by atoms with Crippen LogP contribution in [-0.4, -0.2) is 20.7 Å². The van der Waals surface area contributed by atoms with Crippen LogP contribution in [0.3, 0.4) is 0 Å². The predicted molar refractivity (Wildman–Crippen MR) is 105 cm³/mol. The molecule has 0 radical (unpaired) electrons. The SMILES string of the molecule is CC[Si](CC)(CC)O[C@H]1CCC[C@]2(C)[C@@H]([C@H](C)CCC=O)CC[C@@H]12. The predicted octanol–water partition coefficient (Wildman–Crippen LogP) is 6.21. The van der Waals surface area contributed by atoms with E-state index in [4.69, 9.17) is 4.43 Å². The molecule has 5 atom stereocenters. The van der Waals surface area contributed by atoms with Crippen LogP contribution in [0.5, 0.6) is 0 Å². The molecule has 2 rings (SSSR count). The van der Waals surface area contributed by atoms with E-state index in [0.29, 0.717) is 17.4 Å². The fraction of sp³-hybridized carbons (Fsp3) is 0.952. The molecule has 0 aromatic carbocycles. The molecule has 2 nitrogen and oxygen atoms in total. The number of hydrogen-bond donors (Lipinski definition) is 0. The first-order valence-electron chi connectivity index (χ1n) is 10.6. The van der Waals surface area contributed by atoms with Crippen LogP contribution in [0.15, 0.2) is 0 Å². The third-order valence-electron chi connectivity index (χ3n) is 7.90. The molecule has 0 saturated heterocycles. The van der Waals surface area contributed by atoms with Gasteiger partial charge < -0.3 is 9.22 Å². The number of carbonyl (C=O) groups excluding carboxylic acids is 1. The standard InChI is InChI=1S/C21H40O2Si/c1-6-24(7-2,8-3)23-20-12-9-15-21(5)18(13-14-19(20)21)17(4)11-10-16-22/h16-20H,6-15H2,1-5H3/t17-,18-,19+,20+,21-/m1/s1. The van der Waals surface area contributed by atoms with E-state index in [1.807, 2.05) is 0 Å². The van der Waals surface area contributed by atoms with Crippen molar-refractivity contribution in [3.8, 4) is 0 Å². The van der Waals surface area contributed by atoms with Crippen molar-refractivity contribution in [3.05, 3.63) is 0 Å². The van der Waals surface area contributed by atoms with Gasteiger partial charge in [0.2, 0.25) is 0 Å². The Morgan fingerprint density at radius 1 is 1.17 bits per heavy atom. The van der Waals surface area contributed by atoms with Gasteiger partial charge in [-0.1, -0.05) is 41.0 Å². The van der Waals surface area contributed by atoms with Crippen molar-refractivity contribution in [2.24, 2.45) is 23.2 Å².